The standard InChI is InChI=1S/C22H35N3O2S/c1-15-18(26)25(14-13-24(8)20(27)23-22(5,6)7)19(28-15)16-9-11-17(12-10-16)21(2,3)4/h9-12,15,19H,13-14H2,1-8H3,(H,23,27)/t15-,19+/m0/s1. The van der Waals surface area contributed by atoms with Crippen LogP contribution in [0.2, 0.25) is 0 Å². The lowest BCUT2D eigenvalue weighted by atomic mass is 9.86. The molecule has 3 amide bonds. The van der Waals surface area contributed by atoms with Gasteiger partial charge in [0.05, 0.1) is 5.25 Å². The summed E-state index contributed by atoms with van der Waals surface area (Å²) in [6, 6.07) is 8.46. The third kappa shape index (κ3) is 5.66. The molecule has 0 bridgehead atoms. The van der Waals surface area contributed by atoms with E-state index in [1.54, 1.807) is 23.7 Å². The van der Waals surface area contributed by atoms with E-state index in [1.807, 2.05) is 32.6 Å². The van der Waals surface area contributed by atoms with Crippen LogP contribution >= 0.6 is 11.8 Å². The number of amides is 3. The summed E-state index contributed by atoms with van der Waals surface area (Å²) < 4.78 is 0. The van der Waals surface area contributed by atoms with Crippen molar-refractivity contribution in [2.75, 3.05) is 20.1 Å². The number of thioether (sulfide) groups is 1. The van der Waals surface area contributed by atoms with Crippen molar-refractivity contribution in [3.05, 3.63) is 35.4 Å². The molecule has 1 heterocycles. The van der Waals surface area contributed by atoms with Gasteiger partial charge in [0.2, 0.25) is 5.91 Å². The smallest absolute Gasteiger partial charge is 0.317 e. The molecule has 0 unspecified atom stereocenters. The molecule has 28 heavy (non-hydrogen) atoms. The van der Waals surface area contributed by atoms with Gasteiger partial charge in [-0.3, -0.25) is 4.79 Å². The number of likely N-dealkylation sites (N-methyl/N-ethyl adjacent to an activating group) is 1. The third-order valence-electron chi connectivity index (χ3n) is 4.81. The summed E-state index contributed by atoms with van der Waals surface area (Å²) in [7, 11) is 1.77. The number of carbonyl (C=O) groups is 2. The average Bonchev–Trinajstić information content (AvgIpc) is 2.85. The van der Waals surface area contributed by atoms with E-state index in [0.717, 1.165) is 5.56 Å². The van der Waals surface area contributed by atoms with Crippen LogP contribution in [-0.2, 0) is 10.2 Å². The summed E-state index contributed by atoms with van der Waals surface area (Å²) in [5, 5.41) is 2.88. The van der Waals surface area contributed by atoms with Gasteiger partial charge in [-0.15, -0.1) is 11.8 Å². The second-order valence-corrected chi connectivity index (χ2v) is 11.1. The Balaban J connectivity index is 2.09. The van der Waals surface area contributed by atoms with Gasteiger partial charge < -0.3 is 15.1 Å². The topological polar surface area (TPSA) is 52.6 Å². The van der Waals surface area contributed by atoms with Gasteiger partial charge in [-0.05, 0) is 44.2 Å². The molecule has 1 fully saturated rings. The van der Waals surface area contributed by atoms with E-state index < -0.39 is 0 Å². The Bertz CT molecular complexity index is 704. The first-order valence-electron chi connectivity index (χ1n) is 9.89. The SMILES string of the molecule is C[C@@H]1S[C@H](c2ccc(C(C)(C)C)cc2)N(CCN(C)C(=O)NC(C)(C)C)C1=O. The van der Waals surface area contributed by atoms with Crippen molar-refractivity contribution in [1.82, 2.24) is 15.1 Å². The highest BCUT2D eigenvalue weighted by Gasteiger charge is 2.38. The second kappa shape index (κ2) is 8.36. The monoisotopic (exact) mass is 405 g/mol. The minimum Gasteiger partial charge on any atom is -0.333 e. The lowest BCUT2D eigenvalue weighted by Gasteiger charge is -2.29. The summed E-state index contributed by atoms with van der Waals surface area (Å²) >= 11 is 1.68. The van der Waals surface area contributed by atoms with Gasteiger partial charge in [0, 0.05) is 25.7 Å². The van der Waals surface area contributed by atoms with E-state index in [-0.39, 0.29) is 33.5 Å². The Labute approximate surface area is 174 Å². The molecular weight excluding hydrogens is 370 g/mol. The molecular formula is C22H35N3O2S. The minimum atomic E-state index is -0.281. The van der Waals surface area contributed by atoms with Crippen molar-refractivity contribution in [2.24, 2.45) is 0 Å². The van der Waals surface area contributed by atoms with E-state index in [2.05, 4.69) is 50.4 Å². The number of carbonyl (C=O) groups excluding carboxylic acids is 2. The molecule has 0 aromatic heterocycles. The number of hydrogen-bond acceptors (Lipinski definition) is 3. The van der Waals surface area contributed by atoms with Gasteiger partial charge >= 0.3 is 6.03 Å². The predicted molar refractivity (Wildman–Crippen MR) is 118 cm³/mol. The molecule has 1 aromatic carbocycles. The first-order chi connectivity index (χ1) is 12.8. The minimum absolute atomic E-state index is 0.00408. The molecule has 1 aliphatic rings. The molecule has 2 atom stereocenters. The fraction of sp³-hybridized carbons (Fsp3) is 0.636. The molecule has 156 valence electrons. The lowest BCUT2D eigenvalue weighted by Crippen LogP contribution is -2.49. The van der Waals surface area contributed by atoms with Gasteiger partial charge in [-0.1, -0.05) is 45.0 Å². The summed E-state index contributed by atoms with van der Waals surface area (Å²) in [4.78, 5) is 28.6. The molecule has 2 rings (SSSR count). The number of benzene rings is 1. The number of rotatable bonds is 4. The van der Waals surface area contributed by atoms with E-state index in [4.69, 9.17) is 0 Å². The maximum atomic E-state index is 12.7. The van der Waals surface area contributed by atoms with Crippen LogP contribution in [-0.4, -0.2) is 52.7 Å². The molecule has 0 spiro atoms. The van der Waals surface area contributed by atoms with Crippen LogP contribution in [0.15, 0.2) is 24.3 Å². The van der Waals surface area contributed by atoms with Crippen molar-refractivity contribution < 1.29 is 9.59 Å². The van der Waals surface area contributed by atoms with Crippen molar-refractivity contribution in [1.29, 1.82) is 0 Å². The van der Waals surface area contributed by atoms with Crippen molar-refractivity contribution >= 4 is 23.7 Å². The normalized spacial score (nSPS) is 20.4. The van der Waals surface area contributed by atoms with E-state index >= 15 is 0 Å². The van der Waals surface area contributed by atoms with E-state index in [1.165, 1.54) is 5.56 Å². The van der Waals surface area contributed by atoms with Crippen LogP contribution < -0.4 is 5.32 Å². The van der Waals surface area contributed by atoms with Crippen LogP contribution in [0.3, 0.4) is 0 Å². The third-order valence-corrected chi connectivity index (χ3v) is 6.21. The van der Waals surface area contributed by atoms with Crippen molar-refractivity contribution in [2.45, 2.75) is 70.0 Å². The zero-order valence-corrected chi connectivity index (χ0v) is 19.3. The van der Waals surface area contributed by atoms with Crippen LogP contribution in [0.1, 0.15) is 65.0 Å². The van der Waals surface area contributed by atoms with Crippen molar-refractivity contribution in [3.8, 4) is 0 Å². The van der Waals surface area contributed by atoms with E-state index in [0.29, 0.717) is 13.1 Å². The second-order valence-electron chi connectivity index (χ2n) is 9.64. The largest absolute Gasteiger partial charge is 0.333 e. The average molecular weight is 406 g/mol. The van der Waals surface area contributed by atoms with Crippen LogP contribution in [0.25, 0.3) is 0 Å². The Morgan fingerprint density at radius 3 is 2.21 bits per heavy atom. The maximum absolute atomic E-state index is 12.7. The van der Waals surface area contributed by atoms with Gasteiger partial charge in [-0.25, -0.2) is 4.79 Å². The lowest BCUT2D eigenvalue weighted by molar-refractivity contribution is -0.129. The molecule has 5 nitrogen and oxygen atoms in total. The zero-order chi connectivity index (χ0) is 21.3. The summed E-state index contributed by atoms with van der Waals surface area (Å²) in [5.41, 5.74) is 2.24. The molecule has 0 saturated carbocycles. The first kappa shape index (κ1) is 22.6. The molecule has 0 aliphatic carbocycles. The van der Waals surface area contributed by atoms with Crippen LogP contribution in [0.4, 0.5) is 4.79 Å². The Hall–Kier alpha value is -1.69. The van der Waals surface area contributed by atoms with Gasteiger partial charge in [-0.2, -0.15) is 0 Å². The van der Waals surface area contributed by atoms with Gasteiger partial charge in [0.1, 0.15) is 5.37 Å². The molecule has 6 heteroatoms. The Morgan fingerprint density at radius 2 is 1.71 bits per heavy atom. The fourth-order valence-corrected chi connectivity index (χ4v) is 4.39. The van der Waals surface area contributed by atoms with E-state index in [9.17, 15) is 9.59 Å². The summed E-state index contributed by atoms with van der Waals surface area (Å²) in [6.45, 7) is 15.4. The quantitative estimate of drug-likeness (QED) is 0.808. The highest BCUT2D eigenvalue weighted by atomic mass is 32.2. The number of nitrogens with one attached hydrogen (secondary N) is 1. The molecule has 1 aromatic rings. The molecule has 0 radical (unpaired) electrons. The fourth-order valence-electron chi connectivity index (χ4n) is 3.08. The molecule has 1 N–H and O–H groups in total. The first-order valence-corrected chi connectivity index (χ1v) is 10.8. The van der Waals surface area contributed by atoms with Crippen molar-refractivity contribution in [3.63, 3.8) is 0 Å². The summed E-state index contributed by atoms with van der Waals surface area (Å²) in [6.07, 6.45) is 0. The van der Waals surface area contributed by atoms with Crippen LogP contribution in [0, 0.1) is 0 Å². The molecule has 1 aliphatic heterocycles. The Morgan fingerprint density at radius 1 is 1.14 bits per heavy atom. The maximum Gasteiger partial charge on any atom is 0.317 e. The zero-order valence-electron chi connectivity index (χ0n) is 18.5. The highest BCUT2D eigenvalue weighted by molar-refractivity contribution is 8.01. The number of urea groups is 1. The summed E-state index contributed by atoms with van der Waals surface area (Å²) in [5.74, 6) is 0.138. The number of nitrogens with zero attached hydrogens (tertiary/aromatic N) is 2. The predicted octanol–water partition coefficient (Wildman–Crippen LogP) is 4.39. The highest BCUT2D eigenvalue weighted by Crippen LogP contribution is 2.43. The number of hydrogen-bond donors (Lipinski definition) is 1. The Kier molecular flexibility index (Phi) is 6.74. The van der Waals surface area contributed by atoms with Crippen LogP contribution in [0.5, 0.6) is 0 Å². The van der Waals surface area contributed by atoms with Gasteiger partial charge in [0.25, 0.3) is 0 Å². The van der Waals surface area contributed by atoms with Gasteiger partial charge in [0.15, 0.2) is 0 Å². The molecule has 1 saturated heterocycles.